The molecule has 26 heavy (non-hydrogen) atoms. The van der Waals surface area contributed by atoms with Gasteiger partial charge in [0.1, 0.15) is 18.3 Å². The summed E-state index contributed by atoms with van der Waals surface area (Å²) in [6.07, 6.45) is 1.30. The van der Waals surface area contributed by atoms with E-state index in [1.54, 1.807) is 26.8 Å². The van der Waals surface area contributed by atoms with E-state index in [0.29, 0.717) is 0 Å². The molecule has 2 amide bonds. The molecule has 0 saturated carbocycles. The highest BCUT2D eigenvalue weighted by molar-refractivity contribution is 6.00. The van der Waals surface area contributed by atoms with E-state index in [0.717, 1.165) is 0 Å². The summed E-state index contributed by atoms with van der Waals surface area (Å²) < 4.78 is 15.9. The van der Waals surface area contributed by atoms with Crippen molar-refractivity contribution in [3.8, 4) is 0 Å². The first-order valence-electron chi connectivity index (χ1n) is 8.82. The molecule has 2 rings (SSSR count). The number of rotatable bonds is 9. The van der Waals surface area contributed by atoms with Gasteiger partial charge in [0.15, 0.2) is 0 Å². The number of fused-ring (bicyclic) bond motifs is 1. The zero-order chi connectivity index (χ0) is 19.5. The lowest BCUT2D eigenvalue weighted by Gasteiger charge is -2.24. The van der Waals surface area contributed by atoms with Crippen molar-refractivity contribution in [2.24, 2.45) is 17.8 Å². The van der Waals surface area contributed by atoms with Gasteiger partial charge in [-0.1, -0.05) is 19.9 Å². The lowest BCUT2D eigenvalue weighted by atomic mass is 9.87. The molecule has 2 saturated heterocycles. The van der Waals surface area contributed by atoms with Crippen LogP contribution in [0.25, 0.3) is 0 Å². The fraction of sp³-hybridized carbons (Fsp3) is 0.722. The number of aliphatic hydroxyl groups is 1. The second-order valence-electron chi connectivity index (χ2n) is 6.80. The van der Waals surface area contributed by atoms with E-state index in [4.69, 9.17) is 19.3 Å². The molecule has 0 aliphatic carbocycles. The Morgan fingerprint density at radius 2 is 2.04 bits per heavy atom. The molecule has 2 aliphatic rings. The van der Waals surface area contributed by atoms with E-state index in [2.05, 4.69) is 6.58 Å². The number of epoxide rings is 1. The maximum absolute atomic E-state index is 12.6. The van der Waals surface area contributed by atoms with E-state index in [1.807, 2.05) is 0 Å². The molecule has 2 heterocycles. The summed E-state index contributed by atoms with van der Waals surface area (Å²) >= 11 is 0. The zero-order valence-electron chi connectivity index (χ0n) is 15.5. The largest absolute Gasteiger partial charge is 0.463 e. The number of nitrogens with zero attached hydrogens (tertiary/aromatic N) is 1. The Labute approximate surface area is 153 Å². The molecule has 8 nitrogen and oxygen atoms in total. The molecule has 0 bridgehead atoms. The van der Waals surface area contributed by atoms with Crippen LogP contribution in [0.4, 0.5) is 0 Å². The van der Waals surface area contributed by atoms with E-state index >= 15 is 0 Å². The van der Waals surface area contributed by atoms with Gasteiger partial charge in [-0.05, 0) is 6.92 Å². The highest BCUT2D eigenvalue weighted by atomic mass is 16.6. The first-order chi connectivity index (χ1) is 12.3. The average molecular weight is 369 g/mol. The van der Waals surface area contributed by atoms with Gasteiger partial charge in [-0.15, -0.1) is 6.58 Å². The van der Waals surface area contributed by atoms with Crippen LogP contribution >= 0.6 is 0 Å². The number of hydrogen-bond acceptors (Lipinski definition) is 7. The van der Waals surface area contributed by atoms with Crippen LogP contribution in [0.15, 0.2) is 12.7 Å². The number of likely N-dealkylation sites (tertiary alicyclic amines) is 1. The lowest BCUT2D eigenvalue weighted by Crippen LogP contribution is -2.44. The summed E-state index contributed by atoms with van der Waals surface area (Å²) in [4.78, 5) is 37.8. The Hall–Kier alpha value is -1.77. The van der Waals surface area contributed by atoms with Gasteiger partial charge in [-0.25, -0.2) is 0 Å². The molecule has 8 heteroatoms. The minimum Gasteiger partial charge on any atom is -0.463 e. The molecule has 5 atom stereocenters. The highest BCUT2D eigenvalue weighted by Gasteiger charge is 2.66. The summed E-state index contributed by atoms with van der Waals surface area (Å²) in [5.74, 6) is -2.56. The Balaban J connectivity index is 1.80. The molecule has 2 fully saturated rings. The van der Waals surface area contributed by atoms with Gasteiger partial charge in [-0.3, -0.25) is 19.3 Å². The van der Waals surface area contributed by atoms with Crippen LogP contribution in [0.3, 0.4) is 0 Å². The summed E-state index contributed by atoms with van der Waals surface area (Å²) in [6, 6.07) is 0. The fourth-order valence-corrected chi connectivity index (χ4v) is 3.18. The van der Waals surface area contributed by atoms with E-state index < -0.39 is 29.3 Å². The topological polar surface area (TPSA) is 106 Å². The third-order valence-corrected chi connectivity index (χ3v) is 5.07. The number of carbonyl (C=O) groups excluding carboxylic acids is 3. The number of aliphatic hydroxyl groups excluding tert-OH is 1. The number of imide groups is 1. The SMILES string of the molecule is C=CC12OC1C(C)C(=O)N(CCOCCOC(=O)C(C)CO)C(=O)C2C. The summed E-state index contributed by atoms with van der Waals surface area (Å²) in [7, 11) is 0. The molecule has 0 spiro atoms. The third kappa shape index (κ3) is 3.82. The van der Waals surface area contributed by atoms with Gasteiger partial charge in [-0.2, -0.15) is 0 Å². The van der Waals surface area contributed by atoms with Crippen LogP contribution in [0.1, 0.15) is 20.8 Å². The fourth-order valence-electron chi connectivity index (χ4n) is 3.18. The van der Waals surface area contributed by atoms with Gasteiger partial charge in [0.05, 0.1) is 44.1 Å². The maximum Gasteiger partial charge on any atom is 0.311 e. The molecule has 0 aromatic carbocycles. The van der Waals surface area contributed by atoms with Crippen LogP contribution in [0.2, 0.25) is 0 Å². The van der Waals surface area contributed by atoms with Crippen LogP contribution in [-0.4, -0.2) is 72.5 Å². The van der Waals surface area contributed by atoms with Gasteiger partial charge in [0.2, 0.25) is 11.8 Å². The molecule has 1 N–H and O–H groups in total. The van der Waals surface area contributed by atoms with Gasteiger partial charge in [0.25, 0.3) is 0 Å². The predicted molar refractivity (Wildman–Crippen MR) is 90.9 cm³/mol. The molecule has 2 aliphatic heterocycles. The Morgan fingerprint density at radius 1 is 1.35 bits per heavy atom. The summed E-state index contributed by atoms with van der Waals surface area (Å²) in [5, 5.41) is 8.85. The number of ether oxygens (including phenoxy) is 3. The van der Waals surface area contributed by atoms with E-state index in [1.165, 1.54) is 4.90 Å². The molecule has 0 aromatic heterocycles. The van der Waals surface area contributed by atoms with E-state index in [-0.39, 0.29) is 50.9 Å². The first-order valence-corrected chi connectivity index (χ1v) is 8.82. The molecule has 146 valence electrons. The second-order valence-corrected chi connectivity index (χ2v) is 6.80. The van der Waals surface area contributed by atoms with Crippen LogP contribution in [0, 0.1) is 17.8 Å². The zero-order valence-corrected chi connectivity index (χ0v) is 15.5. The molecule has 0 aromatic rings. The van der Waals surface area contributed by atoms with Gasteiger partial charge >= 0.3 is 5.97 Å². The van der Waals surface area contributed by atoms with Gasteiger partial charge in [0, 0.05) is 0 Å². The van der Waals surface area contributed by atoms with E-state index in [9.17, 15) is 14.4 Å². The molecule has 0 radical (unpaired) electrons. The lowest BCUT2D eigenvalue weighted by molar-refractivity contribution is -0.151. The predicted octanol–water partition coefficient (Wildman–Crippen LogP) is 0.139. The molecular weight excluding hydrogens is 342 g/mol. The van der Waals surface area contributed by atoms with Crippen molar-refractivity contribution in [2.45, 2.75) is 32.5 Å². The van der Waals surface area contributed by atoms with Crippen molar-refractivity contribution in [1.82, 2.24) is 4.90 Å². The minimum atomic E-state index is -0.751. The van der Waals surface area contributed by atoms with Crippen LogP contribution < -0.4 is 0 Å². The Morgan fingerprint density at radius 3 is 2.65 bits per heavy atom. The minimum absolute atomic E-state index is 0.0490. The van der Waals surface area contributed by atoms with Crippen molar-refractivity contribution >= 4 is 17.8 Å². The Bertz CT molecular complexity index is 578. The standard InChI is InChI=1S/C18H27NO7/c1-5-18-13(4)16(22)19(15(21)12(3)14(18)26-18)6-7-24-8-9-25-17(23)11(2)10-20/h5,11-14,20H,1,6-10H2,2-4H3. The quantitative estimate of drug-likeness (QED) is 0.203. The smallest absolute Gasteiger partial charge is 0.311 e. The summed E-state index contributed by atoms with van der Waals surface area (Å²) in [5.41, 5.74) is -0.751. The van der Waals surface area contributed by atoms with Crippen molar-refractivity contribution in [3.63, 3.8) is 0 Å². The molecule has 5 unspecified atom stereocenters. The molecular formula is C18H27NO7. The first kappa shape index (κ1) is 20.5. The monoisotopic (exact) mass is 369 g/mol. The maximum atomic E-state index is 12.6. The second kappa shape index (κ2) is 8.28. The number of carbonyl (C=O) groups is 3. The van der Waals surface area contributed by atoms with Crippen molar-refractivity contribution in [1.29, 1.82) is 0 Å². The number of hydrogen-bond donors (Lipinski definition) is 1. The normalized spacial score (nSPS) is 31.8. The van der Waals surface area contributed by atoms with Crippen LogP contribution in [-0.2, 0) is 28.6 Å². The van der Waals surface area contributed by atoms with Crippen molar-refractivity contribution < 1.29 is 33.7 Å². The highest BCUT2D eigenvalue weighted by Crippen LogP contribution is 2.50. The van der Waals surface area contributed by atoms with Crippen molar-refractivity contribution in [2.75, 3.05) is 33.0 Å². The van der Waals surface area contributed by atoms with Crippen LogP contribution in [0.5, 0.6) is 0 Å². The number of esters is 1. The number of amides is 2. The Kier molecular flexibility index (Phi) is 6.54. The average Bonchev–Trinajstić information content (AvgIpc) is 3.40. The summed E-state index contributed by atoms with van der Waals surface area (Å²) in [6.45, 7) is 9.01. The third-order valence-electron chi connectivity index (χ3n) is 5.07. The van der Waals surface area contributed by atoms with Gasteiger partial charge < -0.3 is 19.3 Å². The van der Waals surface area contributed by atoms with Crippen molar-refractivity contribution in [3.05, 3.63) is 12.7 Å².